The molecule has 0 saturated heterocycles. The summed E-state index contributed by atoms with van der Waals surface area (Å²) in [5.41, 5.74) is 4.67. The molecule has 0 amide bonds. The zero-order chi connectivity index (χ0) is 20.0. The van der Waals surface area contributed by atoms with Gasteiger partial charge in [0.2, 0.25) is 0 Å². The summed E-state index contributed by atoms with van der Waals surface area (Å²) in [5.74, 6) is 1.09. The van der Waals surface area contributed by atoms with Crippen molar-refractivity contribution in [2.75, 3.05) is 20.8 Å². The standard InChI is InChI=1S/C22H23NO5/c1-12(24)8-17-21-14(4-5-20(27-2)22(21)28-3)9-16-15-11-19(26)18(25)10-13(15)6-7-23(16)17/h4-5,9-11,17,25-26H,6-8H2,1-3H3. The second kappa shape index (κ2) is 6.78. The van der Waals surface area contributed by atoms with Gasteiger partial charge in [0.05, 0.1) is 20.3 Å². The molecular formula is C22H23NO5. The number of ketones is 1. The molecule has 2 aromatic carbocycles. The SMILES string of the molecule is COc1ccc2c(c1OC)C(CC(C)=O)N1CCc3cc(O)c(O)cc3C1=C2. The third-order valence-corrected chi connectivity index (χ3v) is 5.51. The topological polar surface area (TPSA) is 79.2 Å². The lowest BCUT2D eigenvalue weighted by molar-refractivity contribution is -0.118. The summed E-state index contributed by atoms with van der Waals surface area (Å²) in [6.07, 6.45) is 3.09. The first kappa shape index (κ1) is 18.2. The molecule has 0 fully saturated rings. The van der Waals surface area contributed by atoms with Gasteiger partial charge in [-0.1, -0.05) is 6.07 Å². The number of nitrogens with zero attached hydrogens (tertiary/aromatic N) is 1. The van der Waals surface area contributed by atoms with Crippen molar-refractivity contribution in [3.05, 3.63) is 46.5 Å². The van der Waals surface area contributed by atoms with E-state index in [1.165, 1.54) is 0 Å². The molecule has 1 atom stereocenters. The van der Waals surface area contributed by atoms with Crippen LogP contribution in [0.3, 0.4) is 0 Å². The van der Waals surface area contributed by atoms with Gasteiger partial charge in [-0.3, -0.25) is 4.79 Å². The van der Waals surface area contributed by atoms with Crippen molar-refractivity contribution in [3.63, 3.8) is 0 Å². The number of carbonyl (C=O) groups excluding carboxylic acids is 1. The fourth-order valence-corrected chi connectivity index (χ4v) is 4.29. The maximum absolute atomic E-state index is 12.1. The molecule has 146 valence electrons. The van der Waals surface area contributed by atoms with Gasteiger partial charge in [0.1, 0.15) is 5.78 Å². The van der Waals surface area contributed by atoms with Gasteiger partial charge in [-0.25, -0.2) is 0 Å². The summed E-state index contributed by atoms with van der Waals surface area (Å²) < 4.78 is 11.1. The molecule has 2 aliphatic heterocycles. The Hall–Kier alpha value is -3.15. The Labute approximate surface area is 163 Å². The monoisotopic (exact) mass is 381 g/mol. The van der Waals surface area contributed by atoms with Crippen LogP contribution >= 0.6 is 0 Å². The predicted octanol–water partition coefficient (Wildman–Crippen LogP) is 3.51. The summed E-state index contributed by atoms with van der Waals surface area (Å²) in [7, 11) is 3.20. The molecule has 4 rings (SSSR count). The second-order valence-electron chi connectivity index (χ2n) is 7.20. The van der Waals surface area contributed by atoms with E-state index >= 15 is 0 Å². The molecule has 0 aliphatic carbocycles. The van der Waals surface area contributed by atoms with Crippen LogP contribution in [0.25, 0.3) is 11.8 Å². The first-order valence-corrected chi connectivity index (χ1v) is 9.22. The summed E-state index contributed by atoms with van der Waals surface area (Å²) in [6.45, 7) is 2.28. The highest BCUT2D eigenvalue weighted by Gasteiger charge is 2.36. The predicted molar refractivity (Wildman–Crippen MR) is 106 cm³/mol. The second-order valence-corrected chi connectivity index (χ2v) is 7.20. The van der Waals surface area contributed by atoms with Crippen LogP contribution in [-0.4, -0.2) is 41.7 Å². The third-order valence-electron chi connectivity index (χ3n) is 5.51. The van der Waals surface area contributed by atoms with Crippen LogP contribution in [0.15, 0.2) is 24.3 Å². The maximum atomic E-state index is 12.1. The molecule has 6 heteroatoms. The van der Waals surface area contributed by atoms with E-state index in [0.717, 1.165) is 28.0 Å². The highest BCUT2D eigenvalue weighted by molar-refractivity contribution is 5.89. The Morgan fingerprint density at radius 3 is 2.61 bits per heavy atom. The van der Waals surface area contributed by atoms with Gasteiger partial charge in [0.25, 0.3) is 0 Å². The number of hydrogen-bond donors (Lipinski definition) is 2. The molecule has 2 aliphatic rings. The van der Waals surface area contributed by atoms with Crippen molar-refractivity contribution in [1.29, 1.82) is 0 Å². The largest absolute Gasteiger partial charge is 0.504 e. The van der Waals surface area contributed by atoms with Crippen LogP contribution in [0, 0.1) is 0 Å². The van der Waals surface area contributed by atoms with E-state index in [-0.39, 0.29) is 23.3 Å². The minimum absolute atomic E-state index is 0.0847. The van der Waals surface area contributed by atoms with Crippen molar-refractivity contribution < 1.29 is 24.5 Å². The summed E-state index contributed by atoms with van der Waals surface area (Å²) >= 11 is 0. The number of ether oxygens (including phenoxy) is 2. The fourth-order valence-electron chi connectivity index (χ4n) is 4.29. The lowest BCUT2D eigenvalue weighted by atomic mass is 9.84. The number of hydrogen-bond acceptors (Lipinski definition) is 6. The van der Waals surface area contributed by atoms with Crippen molar-refractivity contribution >= 4 is 17.6 Å². The van der Waals surface area contributed by atoms with Gasteiger partial charge < -0.3 is 24.6 Å². The van der Waals surface area contributed by atoms with E-state index in [4.69, 9.17) is 9.47 Å². The van der Waals surface area contributed by atoms with Crippen LogP contribution in [0.1, 0.15) is 41.6 Å². The molecule has 0 saturated carbocycles. The molecule has 0 bridgehead atoms. The molecule has 0 spiro atoms. The first-order chi connectivity index (χ1) is 13.4. The van der Waals surface area contributed by atoms with Crippen LogP contribution in [0.5, 0.6) is 23.0 Å². The number of rotatable bonds is 4. The number of phenolic OH excluding ortho intramolecular Hbond substituents is 2. The molecule has 2 aromatic rings. The minimum Gasteiger partial charge on any atom is -0.504 e. The highest BCUT2D eigenvalue weighted by Crippen LogP contribution is 2.50. The zero-order valence-electron chi connectivity index (χ0n) is 16.2. The van der Waals surface area contributed by atoms with Crippen molar-refractivity contribution in [1.82, 2.24) is 4.90 Å². The normalized spacial score (nSPS) is 17.2. The summed E-state index contributed by atoms with van der Waals surface area (Å²) in [6, 6.07) is 6.84. The summed E-state index contributed by atoms with van der Waals surface area (Å²) in [5, 5.41) is 19.9. The number of aromatic hydroxyl groups is 2. The molecule has 6 nitrogen and oxygen atoms in total. The van der Waals surface area contributed by atoms with Gasteiger partial charge >= 0.3 is 0 Å². The van der Waals surface area contributed by atoms with Crippen molar-refractivity contribution in [2.24, 2.45) is 0 Å². The van der Waals surface area contributed by atoms with E-state index in [0.29, 0.717) is 30.9 Å². The van der Waals surface area contributed by atoms with Crippen LogP contribution < -0.4 is 9.47 Å². The number of phenols is 2. The Bertz CT molecular complexity index is 995. The molecule has 2 N–H and O–H groups in total. The molecular weight excluding hydrogens is 358 g/mol. The van der Waals surface area contributed by atoms with Crippen molar-refractivity contribution in [2.45, 2.75) is 25.8 Å². The quantitative estimate of drug-likeness (QED) is 0.789. The smallest absolute Gasteiger partial charge is 0.166 e. The Morgan fingerprint density at radius 2 is 1.93 bits per heavy atom. The van der Waals surface area contributed by atoms with E-state index in [9.17, 15) is 15.0 Å². The molecule has 2 heterocycles. The Balaban J connectivity index is 1.96. The van der Waals surface area contributed by atoms with Crippen LogP contribution in [-0.2, 0) is 11.2 Å². The Kier molecular flexibility index (Phi) is 4.41. The van der Waals surface area contributed by atoms with Gasteiger partial charge in [0.15, 0.2) is 23.0 Å². The number of carbonyl (C=O) groups is 1. The van der Waals surface area contributed by atoms with Gasteiger partial charge in [-0.2, -0.15) is 0 Å². The maximum Gasteiger partial charge on any atom is 0.166 e. The van der Waals surface area contributed by atoms with Crippen LogP contribution in [0.2, 0.25) is 0 Å². The van der Waals surface area contributed by atoms with Crippen molar-refractivity contribution in [3.8, 4) is 23.0 Å². The fraction of sp³-hybridized carbons (Fsp3) is 0.318. The number of Topliss-reactive ketones (excluding diaryl/α,β-unsaturated/α-hetero) is 1. The van der Waals surface area contributed by atoms with Gasteiger partial charge in [-0.05, 0) is 48.7 Å². The molecule has 28 heavy (non-hydrogen) atoms. The Morgan fingerprint density at radius 1 is 1.18 bits per heavy atom. The lowest BCUT2D eigenvalue weighted by Gasteiger charge is -2.43. The average molecular weight is 381 g/mol. The third kappa shape index (κ3) is 2.76. The first-order valence-electron chi connectivity index (χ1n) is 9.22. The molecule has 1 unspecified atom stereocenters. The molecule has 0 aromatic heterocycles. The minimum atomic E-state index is -0.193. The van der Waals surface area contributed by atoms with E-state index < -0.39 is 0 Å². The highest BCUT2D eigenvalue weighted by atomic mass is 16.5. The number of benzene rings is 2. The van der Waals surface area contributed by atoms with Gasteiger partial charge in [0, 0.05) is 29.8 Å². The van der Waals surface area contributed by atoms with E-state index in [1.54, 1.807) is 33.3 Å². The average Bonchev–Trinajstić information content (AvgIpc) is 2.67. The van der Waals surface area contributed by atoms with Gasteiger partial charge in [-0.15, -0.1) is 0 Å². The van der Waals surface area contributed by atoms with Crippen LogP contribution in [0.4, 0.5) is 0 Å². The summed E-state index contributed by atoms with van der Waals surface area (Å²) in [4.78, 5) is 14.3. The van der Waals surface area contributed by atoms with E-state index in [2.05, 4.69) is 4.90 Å². The zero-order valence-corrected chi connectivity index (χ0v) is 16.2. The lowest BCUT2D eigenvalue weighted by Crippen LogP contribution is -2.36. The molecule has 0 radical (unpaired) electrons. The van der Waals surface area contributed by atoms with E-state index in [1.807, 2.05) is 18.2 Å². The number of fused-ring (bicyclic) bond motifs is 4. The number of methoxy groups -OCH3 is 2.